The fraction of sp³-hybridized carbons (Fsp3) is 0.484. The molecule has 1 saturated carbocycles. The van der Waals surface area contributed by atoms with E-state index in [4.69, 9.17) is 4.74 Å². The topological polar surface area (TPSA) is 75.6 Å². The van der Waals surface area contributed by atoms with Crippen molar-refractivity contribution >= 4 is 32.1 Å². The molecule has 1 aromatic heterocycles. The summed E-state index contributed by atoms with van der Waals surface area (Å²) in [7, 11) is -3.88. The number of nitrogens with one attached hydrogen (secondary N) is 2. The van der Waals surface area contributed by atoms with Crippen LogP contribution in [0.5, 0.6) is 0 Å². The second kappa shape index (κ2) is 13.1. The molecule has 3 aromatic rings. The van der Waals surface area contributed by atoms with E-state index in [1.807, 2.05) is 6.07 Å². The molecule has 2 heterocycles. The highest BCUT2D eigenvalue weighted by molar-refractivity contribution is 7.90. The van der Waals surface area contributed by atoms with Crippen LogP contribution in [0.2, 0.25) is 0 Å². The Morgan fingerprint density at radius 2 is 1.67 bits per heavy atom. The van der Waals surface area contributed by atoms with Gasteiger partial charge in [-0.1, -0.05) is 12.0 Å². The molecule has 1 aliphatic carbocycles. The molecule has 2 fully saturated rings. The molecule has 0 atom stereocenters. The van der Waals surface area contributed by atoms with Crippen molar-refractivity contribution in [1.29, 1.82) is 0 Å². The fourth-order valence-corrected chi connectivity index (χ4v) is 6.68. The van der Waals surface area contributed by atoms with Gasteiger partial charge in [0.1, 0.15) is 6.54 Å². The van der Waals surface area contributed by atoms with E-state index in [9.17, 15) is 34.8 Å². The van der Waals surface area contributed by atoms with E-state index >= 15 is 0 Å². The summed E-state index contributed by atoms with van der Waals surface area (Å²) < 4.78 is 112. The van der Waals surface area contributed by atoms with Gasteiger partial charge in [0.05, 0.1) is 41.4 Å². The zero-order valence-electron chi connectivity index (χ0n) is 24.6. The fourth-order valence-electron chi connectivity index (χ4n) is 6.03. The average Bonchev–Trinajstić information content (AvgIpc) is 3.31. The van der Waals surface area contributed by atoms with E-state index in [-0.39, 0.29) is 18.3 Å². The van der Waals surface area contributed by atoms with Crippen LogP contribution in [-0.4, -0.2) is 75.2 Å². The van der Waals surface area contributed by atoms with Gasteiger partial charge in [-0.15, -0.1) is 0 Å². The van der Waals surface area contributed by atoms with Crippen molar-refractivity contribution in [3.8, 4) is 11.8 Å². The highest BCUT2D eigenvalue weighted by atomic mass is 32.2. The Morgan fingerprint density at radius 3 is 2.31 bits per heavy atom. The number of rotatable bonds is 7. The monoisotopic (exact) mass is 656 g/mol. The largest absolute Gasteiger partial charge is 0.418 e. The van der Waals surface area contributed by atoms with Crippen molar-refractivity contribution in [3.05, 3.63) is 53.7 Å². The summed E-state index contributed by atoms with van der Waals surface area (Å²) in [4.78, 5) is 1.98. The third kappa shape index (κ3) is 8.25. The summed E-state index contributed by atoms with van der Waals surface area (Å²) in [6.45, 7) is 1.71. The van der Waals surface area contributed by atoms with E-state index in [2.05, 4.69) is 27.4 Å². The van der Waals surface area contributed by atoms with Crippen LogP contribution in [0.4, 0.5) is 37.7 Å². The van der Waals surface area contributed by atoms with Gasteiger partial charge in [0.25, 0.3) is 0 Å². The number of morpholine rings is 1. The number of fused-ring (bicyclic) bond motifs is 1. The van der Waals surface area contributed by atoms with Gasteiger partial charge in [-0.2, -0.15) is 26.3 Å². The summed E-state index contributed by atoms with van der Waals surface area (Å²) in [5.41, 5.74) is -0.474. The highest BCUT2D eigenvalue weighted by Crippen LogP contribution is 2.37. The Hall–Kier alpha value is -3.41. The second-order valence-electron chi connectivity index (χ2n) is 11.4. The number of ether oxygens (including phenoxy) is 1. The van der Waals surface area contributed by atoms with Gasteiger partial charge in [0.2, 0.25) is 0 Å². The van der Waals surface area contributed by atoms with Crippen LogP contribution < -0.4 is 10.6 Å². The first-order chi connectivity index (χ1) is 21.2. The van der Waals surface area contributed by atoms with E-state index in [0.29, 0.717) is 28.7 Å². The summed E-state index contributed by atoms with van der Waals surface area (Å²) in [6, 6.07) is 9.90. The van der Waals surface area contributed by atoms with Gasteiger partial charge >= 0.3 is 12.4 Å². The number of nitrogens with zero attached hydrogens (tertiary/aromatic N) is 2. The van der Waals surface area contributed by atoms with E-state index in [1.165, 1.54) is 0 Å². The first-order valence-electron chi connectivity index (χ1n) is 14.6. The lowest BCUT2D eigenvalue weighted by Crippen LogP contribution is -2.46. The van der Waals surface area contributed by atoms with Crippen molar-refractivity contribution in [2.45, 2.75) is 61.6 Å². The zero-order chi connectivity index (χ0) is 32.4. The second-order valence-corrected chi connectivity index (χ2v) is 13.4. The van der Waals surface area contributed by atoms with Crippen LogP contribution in [-0.2, 0) is 27.3 Å². The van der Waals surface area contributed by atoms with Gasteiger partial charge < -0.3 is 19.9 Å². The molecule has 1 saturated heterocycles. The Kier molecular flexibility index (Phi) is 9.62. The van der Waals surface area contributed by atoms with Crippen molar-refractivity contribution in [2.75, 3.05) is 49.7 Å². The molecule has 0 spiro atoms. The van der Waals surface area contributed by atoms with Gasteiger partial charge in [-0.3, -0.25) is 4.90 Å². The third-order valence-electron chi connectivity index (χ3n) is 8.21. The molecule has 14 heteroatoms. The number of benzene rings is 2. The van der Waals surface area contributed by atoms with Crippen LogP contribution in [0.15, 0.2) is 47.4 Å². The molecule has 0 bridgehead atoms. The highest BCUT2D eigenvalue weighted by Gasteiger charge is 2.35. The Balaban J connectivity index is 1.35. The average molecular weight is 657 g/mol. The molecular weight excluding hydrogens is 622 g/mol. The number of hydrogen-bond donors (Lipinski definition) is 2. The lowest BCUT2D eigenvalue weighted by Gasteiger charge is -2.39. The molecule has 244 valence electrons. The molecule has 2 N–H and O–H groups in total. The van der Waals surface area contributed by atoms with Crippen LogP contribution in [0.1, 0.15) is 36.9 Å². The minimum absolute atomic E-state index is 0.0675. The quantitative estimate of drug-likeness (QED) is 0.235. The SMILES string of the molecule is CS(=O)(=O)c1ccc(NCC#Cc2cc3c(NC4CCC(N5CCOCC5)CC4)cccc3n2CC(F)(F)F)c(C(F)(F)F)c1. The molecule has 5 rings (SSSR count). The molecule has 45 heavy (non-hydrogen) atoms. The van der Waals surface area contributed by atoms with Crippen LogP contribution in [0.3, 0.4) is 0 Å². The maximum absolute atomic E-state index is 13.6. The van der Waals surface area contributed by atoms with Crippen molar-refractivity contribution in [1.82, 2.24) is 9.47 Å². The molecule has 0 amide bonds. The molecule has 7 nitrogen and oxygen atoms in total. The summed E-state index contributed by atoms with van der Waals surface area (Å²) in [5.74, 6) is 5.32. The van der Waals surface area contributed by atoms with Crippen molar-refractivity contribution < 1.29 is 39.5 Å². The number of anilines is 2. The lowest BCUT2D eigenvalue weighted by molar-refractivity contribution is -0.140. The summed E-state index contributed by atoms with van der Waals surface area (Å²) in [5, 5.41) is 6.62. The number of hydrogen-bond acceptors (Lipinski definition) is 6. The molecule has 2 aliphatic rings. The van der Waals surface area contributed by atoms with Crippen LogP contribution >= 0.6 is 0 Å². The summed E-state index contributed by atoms with van der Waals surface area (Å²) >= 11 is 0. The minimum atomic E-state index is -4.85. The van der Waals surface area contributed by atoms with Crippen molar-refractivity contribution in [3.63, 3.8) is 0 Å². The normalized spacial score (nSPS) is 20.1. The van der Waals surface area contributed by atoms with E-state index < -0.39 is 44.9 Å². The third-order valence-corrected chi connectivity index (χ3v) is 9.32. The minimum Gasteiger partial charge on any atom is -0.382 e. The standard InChI is InChI=1S/C31H34F6N4O3S/c1-45(42,43)24-11-12-28(26(19-24)31(35,36)37)38-13-3-4-23-18-25-27(5-2-6-29(25)41(23)20-30(32,33)34)39-21-7-9-22(10-8-21)40-14-16-44-17-15-40/h2,5-6,11-12,18-19,21-22,38-39H,7-10,13-17,20H2,1H3. The van der Waals surface area contributed by atoms with Gasteiger partial charge in [-0.25, -0.2) is 8.42 Å². The molecule has 0 radical (unpaired) electrons. The molecule has 1 aliphatic heterocycles. The van der Waals surface area contributed by atoms with Crippen LogP contribution in [0, 0.1) is 11.8 Å². The Bertz CT molecular complexity index is 1680. The van der Waals surface area contributed by atoms with Gasteiger partial charge in [-0.05, 0) is 68.0 Å². The Labute approximate surface area is 257 Å². The molecule has 2 aromatic carbocycles. The zero-order valence-corrected chi connectivity index (χ0v) is 25.4. The maximum atomic E-state index is 13.6. The van der Waals surface area contributed by atoms with Gasteiger partial charge in [0.15, 0.2) is 9.84 Å². The summed E-state index contributed by atoms with van der Waals surface area (Å²) in [6.07, 6.45) is -4.71. The first kappa shape index (κ1) is 33.0. The van der Waals surface area contributed by atoms with Gasteiger partial charge in [0, 0.05) is 48.2 Å². The predicted molar refractivity (Wildman–Crippen MR) is 160 cm³/mol. The number of halogens is 6. The Morgan fingerprint density at radius 1 is 0.956 bits per heavy atom. The molecule has 0 unspecified atom stereocenters. The number of sulfone groups is 1. The number of alkyl halides is 6. The molecular formula is C31H34F6N4O3S. The van der Waals surface area contributed by atoms with E-state index in [1.54, 1.807) is 18.2 Å². The van der Waals surface area contributed by atoms with Crippen LogP contribution in [0.25, 0.3) is 10.9 Å². The predicted octanol–water partition coefficient (Wildman–Crippen LogP) is 6.14. The smallest absolute Gasteiger partial charge is 0.382 e. The first-order valence-corrected chi connectivity index (χ1v) is 16.5. The number of aromatic nitrogens is 1. The lowest BCUT2D eigenvalue weighted by atomic mass is 9.89. The maximum Gasteiger partial charge on any atom is 0.418 e. The van der Waals surface area contributed by atoms with E-state index in [0.717, 1.165) is 74.9 Å². The van der Waals surface area contributed by atoms with Crippen molar-refractivity contribution in [2.24, 2.45) is 0 Å².